The van der Waals surface area contributed by atoms with Crippen molar-refractivity contribution in [2.24, 2.45) is 5.41 Å². The van der Waals surface area contributed by atoms with E-state index >= 15 is 0 Å². The maximum atomic E-state index is 9.99. The third kappa shape index (κ3) is 2.91. The Morgan fingerprint density at radius 2 is 2.00 bits per heavy atom. The van der Waals surface area contributed by atoms with Crippen molar-refractivity contribution in [1.29, 1.82) is 0 Å². The number of phenolic OH excluding ortho intramolecular Hbond substituents is 1. The highest BCUT2D eigenvalue weighted by atomic mass is 32.1. The first-order chi connectivity index (χ1) is 8.37. The molecule has 0 unspecified atom stereocenters. The summed E-state index contributed by atoms with van der Waals surface area (Å²) in [7, 11) is 0. The fourth-order valence-electron chi connectivity index (χ4n) is 2.06. The number of nitrogens with zero attached hydrogens (tertiary/aromatic N) is 1. The van der Waals surface area contributed by atoms with Crippen molar-refractivity contribution in [2.45, 2.75) is 34.1 Å². The maximum Gasteiger partial charge on any atom is 0.125 e. The Kier molecular flexibility index (Phi) is 3.44. The van der Waals surface area contributed by atoms with Gasteiger partial charge in [-0.3, -0.25) is 0 Å². The van der Waals surface area contributed by atoms with Gasteiger partial charge in [-0.2, -0.15) is 0 Å². The summed E-state index contributed by atoms with van der Waals surface area (Å²) in [4.78, 5) is 5.48. The Balaban J connectivity index is 2.42. The van der Waals surface area contributed by atoms with E-state index in [2.05, 4.69) is 31.8 Å². The van der Waals surface area contributed by atoms with Crippen molar-refractivity contribution < 1.29 is 5.11 Å². The van der Waals surface area contributed by atoms with Gasteiger partial charge in [-0.1, -0.05) is 26.8 Å². The van der Waals surface area contributed by atoms with Crippen LogP contribution in [0.3, 0.4) is 0 Å². The van der Waals surface area contributed by atoms with Crippen LogP contribution in [0.15, 0.2) is 23.7 Å². The molecular weight excluding hydrogens is 242 g/mol. The largest absolute Gasteiger partial charge is 0.507 e. The Morgan fingerprint density at radius 1 is 1.28 bits per heavy atom. The highest BCUT2D eigenvalue weighted by Gasteiger charge is 2.15. The van der Waals surface area contributed by atoms with Gasteiger partial charge < -0.3 is 5.11 Å². The molecule has 0 atom stereocenters. The molecule has 1 N–H and O–H groups in total. The van der Waals surface area contributed by atoms with E-state index in [0.29, 0.717) is 5.75 Å². The molecule has 1 heterocycles. The van der Waals surface area contributed by atoms with Crippen LogP contribution in [0.4, 0.5) is 0 Å². The van der Waals surface area contributed by atoms with E-state index in [1.165, 1.54) is 5.56 Å². The second-order valence-corrected chi connectivity index (χ2v) is 6.90. The molecule has 1 aromatic heterocycles. The molecule has 0 saturated carbocycles. The van der Waals surface area contributed by atoms with Gasteiger partial charge in [0.05, 0.1) is 11.2 Å². The van der Waals surface area contributed by atoms with Gasteiger partial charge in [-0.15, -0.1) is 11.3 Å². The molecule has 0 aliphatic heterocycles. The summed E-state index contributed by atoms with van der Waals surface area (Å²) in [6.07, 6.45) is 0.990. The summed E-state index contributed by atoms with van der Waals surface area (Å²) < 4.78 is 0. The first-order valence-corrected chi connectivity index (χ1v) is 6.97. The summed E-state index contributed by atoms with van der Waals surface area (Å²) in [5.41, 5.74) is 5.04. The zero-order valence-electron chi connectivity index (χ0n) is 11.3. The minimum atomic E-state index is 0.241. The number of aromatic hydroxyl groups is 1. The van der Waals surface area contributed by atoms with Crippen molar-refractivity contribution in [1.82, 2.24) is 4.98 Å². The number of thiazole rings is 1. The number of aryl methyl sites for hydroxylation is 1. The summed E-state index contributed by atoms with van der Waals surface area (Å²) in [5, 5.41) is 9.99. The van der Waals surface area contributed by atoms with Gasteiger partial charge in [0.15, 0.2) is 0 Å². The third-order valence-corrected chi connectivity index (χ3v) is 3.55. The van der Waals surface area contributed by atoms with E-state index in [9.17, 15) is 5.11 Å². The smallest absolute Gasteiger partial charge is 0.125 e. The molecule has 18 heavy (non-hydrogen) atoms. The molecule has 2 nitrogen and oxygen atoms in total. The molecule has 3 heteroatoms. The lowest BCUT2D eigenvalue weighted by Gasteiger charge is -2.18. The van der Waals surface area contributed by atoms with Crippen molar-refractivity contribution in [3.8, 4) is 17.0 Å². The molecule has 0 aliphatic rings. The van der Waals surface area contributed by atoms with Crippen molar-refractivity contribution in [3.05, 3.63) is 34.2 Å². The van der Waals surface area contributed by atoms with Crippen molar-refractivity contribution >= 4 is 11.3 Å². The Hall–Kier alpha value is -1.35. The molecule has 0 fully saturated rings. The quantitative estimate of drug-likeness (QED) is 0.868. The van der Waals surface area contributed by atoms with Crippen LogP contribution in [0.25, 0.3) is 11.3 Å². The first-order valence-electron chi connectivity index (χ1n) is 6.09. The normalized spacial score (nSPS) is 11.8. The van der Waals surface area contributed by atoms with Gasteiger partial charge >= 0.3 is 0 Å². The van der Waals surface area contributed by atoms with Crippen molar-refractivity contribution in [3.63, 3.8) is 0 Å². The lowest BCUT2D eigenvalue weighted by atomic mass is 9.87. The average Bonchev–Trinajstić information content (AvgIpc) is 2.65. The second kappa shape index (κ2) is 4.73. The summed E-state index contributed by atoms with van der Waals surface area (Å²) in [6, 6.07) is 5.82. The molecule has 0 amide bonds. The number of phenols is 1. The molecule has 0 radical (unpaired) electrons. The number of benzene rings is 1. The Labute approximate surface area is 112 Å². The van der Waals surface area contributed by atoms with Crippen LogP contribution in [0.2, 0.25) is 0 Å². The molecule has 0 saturated heterocycles. The summed E-state index contributed by atoms with van der Waals surface area (Å²) in [6.45, 7) is 8.68. The molecule has 1 aromatic carbocycles. The topological polar surface area (TPSA) is 33.1 Å². The summed E-state index contributed by atoms with van der Waals surface area (Å²) in [5.74, 6) is 0.307. The number of hydrogen-bond acceptors (Lipinski definition) is 3. The highest BCUT2D eigenvalue weighted by molar-refractivity contribution is 7.10. The van der Waals surface area contributed by atoms with E-state index in [0.717, 1.165) is 22.6 Å². The van der Waals surface area contributed by atoms with Crippen LogP contribution in [0.1, 0.15) is 31.2 Å². The maximum absolute atomic E-state index is 9.99. The lowest BCUT2D eigenvalue weighted by Crippen LogP contribution is -2.09. The van der Waals surface area contributed by atoms with Gasteiger partial charge in [0.25, 0.3) is 0 Å². The Bertz CT molecular complexity index is 552. The molecule has 0 spiro atoms. The molecule has 96 valence electrons. The molecule has 0 aliphatic carbocycles. The van der Waals surface area contributed by atoms with Crippen LogP contribution in [-0.2, 0) is 6.42 Å². The molecular formula is C15H19NOS. The second-order valence-electron chi connectivity index (χ2n) is 5.85. The minimum absolute atomic E-state index is 0.241. The van der Waals surface area contributed by atoms with Crippen molar-refractivity contribution in [2.75, 3.05) is 0 Å². The first kappa shape index (κ1) is 13.1. The lowest BCUT2D eigenvalue weighted by molar-refractivity contribution is 0.410. The van der Waals surface area contributed by atoms with Gasteiger partial charge in [0.1, 0.15) is 5.75 Å². The van der Waals surface area contributed by atoms with Gasteiger partial charge in [0.2, 0.25) is 0 Å². The zero-order chi connectivity index (χ0) is 13.3. The molecule has 2 rings (SSSR count). The summed E-state index contributed by atoms with van der Waals surface area (Å²) >= 11 is 1.60. The van der Waals surface area contributed by atoms with Crippen LogP contribution in [-0.4, -0.2) is 10.1 Å². The van der Waals surface area contributed by atoms with Crippen LogP contribution < -0.4 is 0 Å². The van der Waals surface area contributed by atoms with E-state index in [1.807, 2.05) is 18.5 Å². The Morgan fingerprint density at radius 3 is 2.56 bits per heavy atom. The molecule has 2 aromatic rings. The van der Waals surface area contributed by atoms with E-state index in [1.54, 1.807) is 17.4 Å². The standard InChI is InChI=1S/C15H19NOS/c1-10-14(16-9-18-10)12-7-11(5-6-13(12)17)8-15(2,3)4/h5-7,9,17H,8H2,1-4H3. The van der Waals surface area contributed by atoms with Gasteiger partial charge in [0, 0.05) is 10.4 Å². The van der Waals surface area contributed by atoms with E-state index < -0.39 is 0 Å². The fourth-order valence-corrected chi connectivity index (χ4v) is 2.65. The SMILES string of the molecule is Cc1scnc1-c1cc(CC(C)(C)C)ccc1O. The monoisotopic (exact) mass is 261 g/mol. The predicted octanol–water partition coefficient (Wildman–Crippen LogP) is 4.41. The van der Waals surface area contributed by atoms with Crippen LogP contribution in [0.5, 0.6) is 5.75 Å². The van der Waals surface area contributed by atoms with E-state index in [4.69, 9.17) is 0 Å². The minimum Gasteiger partial charge on any atom is -0.507 e. The highest BCUT2D eigenvalue weighted by Crippen LogP contribution is 2.34. The van der Waals surface area contributed by atoms with Crippen LogP contribution >= 0.6 is 11.3 Å². The average molecular weight is 261 g/mol. The predicted molar refractivity (Wildman–Crippen MR) is 77.1 cm³/mol. The number of aromatic nitrogens is 1. The molecule has 0 bridgehead atoms. The van der Waals surface area contributed by atoms with Gasteiger partial charge in [-0.25, -0.2) is 4.98 Å². The van der Waals surface area contributed by atoms with E-state index in [-0.39, 0.29) is 5.41 Å². The van der Waals surface area contributed by atoms with Crippen LogP contribution in [0, 0.1) is 12.3 Å². The third-order valence-electron chi connectivity index (χ3n) is 2.80. The number of rotatable bonds is 2. The number of hydrogen-bond donors (Lipinski definition) is 1. The fraction of sp³-hybridized carbons (Fsp3) is 0.400. The zero-order valence-corrected chi connectivity index (χ0v) is 12.1. The van der Waals surface area contributed by atoms with Gasteiger partial charge in [-0.05, 0) is 36.5 Å².